The molecule has 1 aliphatic rings. The molecule has 0 radical (unpaired) electrons. The molecule has 0 saturated carbocycles. The van der Waals surface area contributed by atoms with Crippen molar-refractivity contribution in [2.24, 2.45) is 5.73 Å². The van der Waals surface area contributed by atoms with Gasteiger partial charge in [-0.25, -0.2) is 4.39 Å². The molecule has 0 bridgehead atoms. The van der Waals surface area contributed by atoms with Crippen LogP contribution in [0.1, 0.15) is 24.8 Å². The van der Waals surface area contributed by atoms with Crippen molar-refractivity contribution < 1.29 is 9.13 Å². The normalized spacial score (nSPS) is 16.5. The number of nitrogens with zero attached hydrogens (tertiary/aromatic N) is 1. The highest BCUT2D eigenvalue weighted by molar-refractivity contribution is 5.29. The average Bonchev–Trinajstić information content (AvgIpc) is 2.43. The van der Waals surface area contributed by atoms with E-state index in [1.165, 1.54) is 25.3 Å². The van der Waals surface area contributed by atoms with Crippen molar-refractivity contribution in [1.82, 2.24) is 4.90 Å². The molecule has 2 N–H and O–H groups in total. The lowest BCUT2D eigenvalue weighted by atomic mass is 10.1. The quantitative estimate of drug-likeness (QED) is 0.858. The zero-order valence-corrected chi connectivity index (χ0v) is 11.4. The van der Waals surface area contributed by atoms with Crippen LogP contribution in [-0.4, -0.2) is 37.7 Å². The van der Waals surface area contributed by atoms with E-state index in [0.717, 1.165) is 25.2 Å². The third-order valence-corrected chi connectivity index (χ3v) is 3.54. The Labute approximate surface area is 114 Å². The van der Waals surface area contributed by atoms with Gasteiger partial charge in [0, 0.05) is 6.54 Å². The van der Waals surface area contributed by atoms with Crippen molar-refractivity contribution in [3.63, 3.8) is 0 Å². The van der Waals surface area contributed by atoms with Crippen LogP contribution >= 0.6 is 0 Å². The molecule has 19 heavy (non-hydrogen) atoms. The molecule has 3 nitrogen and oxygen atoms in total. The van der Waals surface area contributed by atoms with Gasteiger partial charge in [0.1, 0.15) is 6.61 Å². The van der Waals surface area contributed by atoms with E-state index in [4.69, 9.17) is 10.5 Å². The van der Waals surface area contributed by atoms with Gasteiger partial charge in [0.2, 0.25) is 0 Å². The second-order valence-corrected chi connectivity index (χ2v) is 5.05. The Hall–Kier alpha value is -1.13. The van der Waals surface area contributed by atoms with E-state index >= 15 is 0 Å². The maximum Gasteiger partial charge on any atom is 0.165 e. The number of benzene rings is 1. The second kappa shape index (κ2) is 7.46. The van der Waals surface area contributed by atoms with E-state index in [0.29, 0.717) is 25.3 Å². The molecule has 1 aromatic carbocycles. The molecule has 1 aromatic rings. The number of nitrogens with two attached hydrogens (primary N) is 1. The predicted octanol–water partition coefficient (Wildman–Crippen LogP) is 2.19. The minimum absolute atomic E-state index is 0.287. The monoisotopic (exact) mass is 266 g/mol. The van der Waals surface area contributed by atoms with Crippen LogP contribution in [0.2, 0.25) is 0 Å². The molecular formula is C15H23FN2O. The van der Waals surface area contributed by atoms with Crippen molar-refractivity contribution in [1.29, 1.82) is 0 Å². The fourth-order valence-electron chi connectivity index (χ4n) is 2.45. The Bertz CT molecular complexity index is 392. The van der Waals surface area contributed by atoms with E-state index in [1.807, 2.05) is 6.07 Å². The van der Waals surface area contributed by atoms with E-state index in [9.17, 15) is 4.39 Å². The van der Waals surface area contributed by atoms with Gasteiger partial charge < -0.3 is 10.5 Å². The van der Waals surface area contributed by atoms with Crippen molar-refractivity contribution in [3.8, 4) is 5.75 Å². The second-order valence-electron chi connectivity index (χ2n) is 5.05. The predicted molar refractivity (Wildman–Crippen MR) is 74.9 cm³/mol. The number of rotatable bonds is 6. The minimum Gasteiger partial charge on any atom is -0.489 e. The molecule has 0 spiro atoms. The Balaban J connectivity index is 1.78. The molecule has 0 unspecified atom stereocenters. The Morgan fingerprint density at radius 1 is 1.21 bits per heavy atom. The molecule has 0 aliphatic carbocycles. The van der Waals surface area contributed by atoms with Crippen molar-refractivity contribution >= 4 is 0 Å². The lowest BCUT2D eigenvalue weighted by molar-refractivity contribution is 0.180. The highest BCUT2D eigenvalue weighted by Gasteiger charge is 2.10. The summed E-state index contributed by atoms with van der Waals surface area (Å²) in [6.07, 6.45) is 4.56. The molecule has 0 amide bonds. The first-order valence-corrected chi connectivity index (χ1v) is 7.13. The van der Waals surface area contributed by atoms with Crippen LogP contribution in [0, 0.1) is 5.82 Å². The van der Waals surface area contributed by atoms with Crippen molar-refractivity contribution in [3.05, 3.63) is 29.6 Å². The Morgan fingerprint density at radius 3 is 2.68 bits per heavy atom. The van der Waals surface area contributed by atoms with E-state index in [-0.39, 0.29) is 5.82 Å². The summed E-state index contributed by atoms with van der Waals surface area (Å²) in [4.78, 5) is 2.38. The van der Waals surface area contributed by atoms with Gasteiger partial charge in [0.15, 0.2) is 11.6 Å². The molecule has 1 saturated heterocycles. The summed E-state index contributed by atoms with van der Waals surface area (Å²) in [7, 11) is 0. The summed E-state index contributed by atoms with van der Waals surface area (Å²) in [5.41, 5.74) is 6.37. The van der Waals surface area contributed by atoms with Crippen LogP contribution < -0.4 is 10.5 Å². The lowest BCUT2D eigenvalue weighted by Gasteiger charge is -2.26. The highest BCUT2D eigenvalue weighted by atomic mass is 19.1. The van der Waals surface area contributed by atoms with Gasteiger partial charge >= 0.3 is 0 Å². The number of halogens is 1. The Kier molecular flexibility index (Phi) is 5.61. The first kappa shape index (κ1) is 14.3. The standard InChI is InChI=1S/C15H23FN2O/c16-14-12-13(6-7-17)4-5-15(14)19-11-10-18-8-2-1-3-9-18/h4-5,12H,1-3,6-11,17H2. The fourth-order valence-corrected chi connectivity index (χ4v) is 2.45. The molecule has 2 rings (SSSR count). The molecule has 0 aromatic heterocycles. The third kappa shape index (κ3) is 4.48. The summed E-state index contributed by atoms with van der Waals surface area (Å²) in [5, 5.41) is 0. The maximum absolute atomic E-state index is 13.8. The molecule has 1 aliphatic heterocycles. The van der Waals surface area contributed by atoms with Crippen LogP contribution in [0.15, 0.2) is 18.2 Å². The molecule has 1 heterocycles. The summed E-state index contributed by atoms with van der Waals surface area (Å²) in [6, 6.07) is 5.10. The number of likely N-dealkylation sites (tertiary alicyclic amines) is 1. The molecular weight excluding hydrogens is 243 g/mol. The Morgan fingerprint density at radius 2 is 2.00 bits per heavy atom. The number of hydrogen-bond donors (Lipinski definition) is 1. The molecule has 1 fully saturated rings. The summed E-state index contributed by atoms with van der Waals surface area (Å²) < 4.78 is 19.3. The average molecular weight is 266 g/mol. The van der Waals surface area contributed by atoms with E-state index in [2.05, 4.69) is 4.90 Å². The summed E-state index contributed by atoms with van der Waals surface area (Å²) in [5.74, 6) is 0.0578. The fraction of sp³-hybridized carbons (Fsp3) is 0.600. The number of hydrogen-bond acceptors (Lipinski definition) is 3. The van der Waals surface area contributed by atoms with Crippen LogP contribution in [0.4, 0.5) is 4.39 Å². The molecule has 0 atom stereocenters. The summed E-state index contributed by atoms with van der Waals surface area (Å²) >= 11 is 0. The topological polar surface area (TPSA) is 38.5 Å². The first-order chi connectivity index (χ1) is 9.29. The first-order valence-electron chi connectivity index (χ1n) is 7.13. The van der Waals surface area contributed by atoms with Crippen LogP contribution in [0.3, 0.4) is 0 Å². The van der Waals surface area contributed by atoms with Crippen LogP contribution in [-0.2, 0) is 6.42 Å². The largest absolute Gasteiger partial charge is 0.489 e. The van der Waals surface area contributed by atoms with Crippen LogP contribution in [0.25, 0.3) is 0 Å². The van der Waals surface area contributed by atoms with Crippen LogP contribution in [0.5, 0.6) is 5.75 Å². The van der Waals surface area contributed by atoms with Crippen molar-refractivity contribution in [2.75, 3.05) is 32.8 Å². The maximum atomic E-state index is 13.8. The number of ether oxygens (including phenoxy) is 1. The SMILES string of the molecule is NCCc1ccc(OCCN2CCCCC2)c(F)c1. The zero-order chi connectivity index (χ0) is 13.5. The van der Waals surface area contributed by atoms with Gasteiger partial charge in [0.05, 0.1) is 0 Å². The van der Waals surface area contributed by atoms with Gasteiger partial charge in [0.25, 0.3) is 0 Å². The zero-order valence-electron chi connectivity index (χ0n) is 11.4. The van der Waals surface area contributed by atoms with E-state index in [1.54, 1.807) is 6.07 Å². The number of piperidine rings is 1. The highest BCUT2D eigenvalue weighted by Crippen LogP contribution is 2.18. The van der Waals surface area contributed by atoms with Gasteiger partial charge in [-0.2, -0.15) is 0 Å². The van der Waals surface area contributed by atoms with Gasteiger partial charge in [-0.3, -0.25) is 4.90 Å². The summed E-state index contributed by atoms with van der Waals surface area (Å²) in [6.45, 7) is 4.24. The minimum atomic E-state index is -0.287. The van der Waals surface area contributed by atoms with Crippen molar-refractivity contribution in [2.45, 2.75) is 25.7 Å². The molecule has 4 heteroatoms. The smallest absolute Gasteiger partial charge is 0.165 e. The van der Waals surface area contributed by atoms with Gasteiger partial charge in [-0.05, 0) is 56.6 Å². The van der Waals surface area contributed by atoms with E-state index < -0.39 is 0 Å². The van der Waals surface area contributed by atoms with Gasteiger partial charge in [-0.1, -0.05) is 12.5 Å². The molecule has 106 valence electrons. The third-order valence-electron chi connectivity index (χ3n) is 3.54. The van der Waals surface area contributed by atoms with Gasteiger partial charge in [-0.15, -0.1) is 0 Å². The lowest BCUT2D eigenvalue weighted by Crippen LogP contribution is -2.33.